The average molecular weight is 208 g/mol. The number of aromatic carboxylic acids is 1. The Morgan fingerprint density at radius 3 is 2.53 bits per heavy atom. The molecule has 0 aliphatic rings. The predicted molar refractivity (Wildman–Crippen MR) is 54.6 cm³/mol. The van der Waals surface area contributed by atoms with Crippen LogP contribution in [0.4, 0.5) is 0 Å². The van der Waals surface area contributed by atoms with Gasteiger partial charge in [-0.05, 0) is 32.0 Å². The van der Waals surface area contributed by atoms with Crippen molar-refractivity contribution in [1.82, 2.24) is 0 Å². The van der Waals surface area contributed by atoms with E-state index in [1.54, 1.807) is 6.92 Å². The molecule has 0 amide bonds. The van der Waals surface area contributed by atoms with Crippen LogP contribution in [0.3, 0.4) is 0 Å². The zero-order chi connectivity index (χ0) is 11.4. The minimum Gasteiger partial charge on any atom is -0.493 e. The first kappa shape index (κ1) is 11.2. The average Bonchev–Trinajstić information content (AvgIpc) is 2.18. The molecule has 15 heavy (non-hydrogen) atoms. The van der Waals surface area contributed by atoms with Crippen LogP contribution in [0.15, 0.2) is 18.2 Å². The molecule has 4 nitrogen and oxygen atoms in total. The fourth-order valence-electron chi connectivity index (χ4n) is 1.22. The van der Waals surface area contributed by atoms with Gasteiger partial charge in [0.15, 0.2) is 5.78 Å². The summed E-state index contributed by atoms with van der Waals surface area (Å²) in [7, 11) is 0. The van der Waals surface area contributed by atoms with E-state index in [2.05, 4.69) is 0 Å². The highest BCUT2D eigenvalue weighted by Crippen LogP contribution is 2.20. The molecular weight excluding hydrogens is 196 g/mol. The Morgan fingerprint density at radius 2 is 2.07 bits per heavy atom. The maximum absolute atomic E-state index is 11.2. The molecule has 0 radical (unpaired) electrons. The summed E-state index contributed by atoms with van der Waals surface area (Å²) in [5.74, 6) is -0.836. The van der Waals surface area contributed by atoms with E-state index in [0.29, 0.717) is 17.9 Å². The summed E-state index contributed by atoms with van der Waals surface area (Å²) in [6.07, 6.45) is 0. The van der Waals surface area contributed by atoms with E-state index in [4.69, 9.17) is 9.84 Å². The van der Waals surface area contributed by atoms with Gasteiger partial charge in [0.1, 0.15) is 5.75 Å². The smallest absolute Gasteiger partial charge is 0.335 e. The summed E-state index contributed by atoms with van der Waals surface area (Å²) in [5, 5.41) is 8.76. The normalized spacial score (nSPS) is 9.73. The third-order valence-electron chi connectivity index (χ3n) is 1.91. The Kier molecular flexibility index (Phi) is 3.44. The lowest BCUT2D eigenvalue weighted by Crippen LogP contribution is -2.04. The van der Waals surface area contributed by atoms with Gasteiger partial charge in [0.25, 0.3) is 0 Å². The monoisotopic (exact) mass is 208 g/mol. The highest BCUT2D eigenvalue weighted by molar-refractivity contribution is 5.99. The molecule has 0 atom stereocenters. The number of hydrogen-bond acceptors (Lipinski definition) is 3. The highest BCUT2D eigenvalue weighted by atomic mass is 16.5. The number of carboxylic acids is 1. The van der Waals surface area contributed by atoms with Crippen LogP contribution >= 0.6 is 0 Å². The Labute approximate surface area is 87.5 Å². The summed E-state index contributed by atoms with van der Waals surface area (Å²) >= 11 is 0. The fourth-order valence-corrected chi connectivity index (χ4v) is 1.22. The molecule has 0 spiro atoms. The Bertz CT molecular complexity index is 396. The van der Waals surface area contributed by atoms with E-state index in [0.717, 1.165) is 0 Å². The van der Waals surface area contributed by atoms with Crippen molar-refractivity contribution in [3.8, 4) is 5.75 Å². The van der Waals surface area contributed by atoms with Crippen LogP contribution in [0.2, 0.25) is 0 Å². The molecule has 80 valence electrons. The lowest BCUT2D eigenvalue weighted by molar-refractivity contribution is 0.0697. The largest absolute Gasteiger partial charge is 0.493 e. The second-order valence-electron chi connectivity index (χ2n) is 3.01. The number of carbonyl (C=O) groups is 2. The maximum atomic E-state index is 11.2. The van der Waals surface area contributed by atoms with E-state index < -0.39 is 5.97 Å². The van der Waals surface area contributed by atoms with Gasteiger partial charge >= 0.3 is 5.97 Å². The van der Waals surface area contributed by atoms with Crippen molar-refractivity contribution in [3.63, 3.8) is 0 Å². The van der Waals surface area contributed by atoms with Gasteiger partial charge in [-0.25, -0.2) is 4.79 Å². The molecule has 0 saturated carbocycles. The quantitative estimate of drug-likeness (QED) is 0.768. The Balaban J connectivity index is 3.20. The standard InChI is InChI=1S/C11H12O4/c1-3-15-10-5-4-8(11(13)14)6-9(10)7(2)12/h4-6H,3H2,1-2H3,(H,13,14). The van der Waals surface area contributed by atoms with Crippen LogP contribution in [0.5, 0.6) is 5.75 Å². The zero-order valence-corrected chi connectivity index (χ0v) is 8.61. The number of hydrogen-bond donors (Lipinski definition) is 1. The van der Waals surface area contributed by atoms with Crippen molar-refractivity contribution in [2.45, 2.75) is 13.8 Å². The SMILES string of the molecule is CCOc1ccc(C(=O)O)cc1C(C)=O. The lowest BCUT2D eigenvalue weighted by Gasteiger charge is -2.08. The molecule has 0 bridgehead atoms. The van der Waals surface area contributed by atoms with Crippen LogP contribution in [0, 0.1) is 0 Å². The van der Waals surface area contributed by atoms with Gasteiger partial charge in [-0.15, -0.1) is 0 Å². The molecule has 4 heteroatoms. The second-order valence-corrected chi connectivity index (χ2v) is 3.01. The lowest BCUT2D eigenvalue weighted by atomic mass is 10.1. The van der Waals surface area contributed by atoms with Gasteiger partial charge in [-0.2, -0.15) is 0 Å². The van der Waals surface area contributed by atoms with Gasteiger partial charge < -0.3 is 9.84 Å². The summed E-state index contributed by atoms with van der Waals surface area (Å²) in [6.45, 7) is 3.62. The molecule has 0 aliphatic carbocycles. The molecule has 1 rings (SSSR count). The van der Waals surface area contributed by atoms with Crippen molar-refractivity contribution < 1.29 is 19.4 Å². The van der Waals surface area contributed by atoms with Gasteiger partial charge in [0.2, 0.25) is 0 Å². The maximum Gasteiger partial charge on any atom is 0.335 e. The second kappa shape index (κ2) is 4.59. The number of carboxylic acid groups (broad SMARTS) is 1. The van der Waals surface area contributed by atoms with Gasteiger partial charge in [-0.3, -0.25) is 4.79 Å². The summed E-state index contributed by atoms with van der Waals surface area (Å²) in [6, 6.07) is 4.25. The van der Waals surface area contributed by atoms with Gasteiger partial charge in [0, 0.05) is 0 Å². The van der Waals surface area contributed by atoms with Crippen molar-refractivity contribution in [2.24, 2.45) is 0 Å². The first-order valence-corrected chi connectivity index (χ1v) is 4.57. The molecule has 0 saturated heterocycles. The third-order valence-corrected chi connectivity index (χ3v) is 1.91. The van der Waals surface area contributed by atoms with Crippen molar-refractivity contribution >= 4 is 11.8 Å². The predicted octanol–water partition coefficient (Wildman–Crippen LogP) is 1.99. The summed E-state index contributed by atoms with van der Waals surface area (Å²) in [4.78, 5) is 21.9. The van der Waals surface area contributed by atoms with Crippen LogP contribution in [-0.4, -0.2) is 23.5 Å². The fraction of sp³-hybridized carbons (Fsp3) is 0.273. The molecule has 1 aromatic rings. The molecule has 0 aliphatic heterocycles. The number of rotatable bonds is 4. The topological polar surface area (TPSA) is 63.6 Å². The first-order chi connectivity index (χ1) is 7.06. The van der Waals surface area contributed by atoms with Crippen LogP contribution in [0.25, 0.3) is 0 Å². The number of benzene rings is 1. The number of Topliss-reactive ketones (excluding diaryl/α,β-unsaturated/α-hetero) is 1. The molecule has 0 heterocycles. The number of ether oxygens (including phenoxy) is 1. The van der Waals surface area contributed by atoms with Crippen LogP contribution in [-0.2, 0) is 0 Å². The van der Waals surface area contributed by atoms with Gasteiger partial charge in [0.05, 0.1) is 17.7 Å². The number of carbonyl (C=O) groups excluding carboxylic acids is 1. The van der Waals surface area contributed by atoms with Crippen LogP contribution < -0.4 is 4.74 Å². The van der Waals surface area contributed by atoms with Crippen molar-refractivity contribution in [2.75, 3.05) is 6.61 Å². The van der Waals surface area contributed by atoms with Crippen molar-refractivity contribution in [3.05, 3.63) is 29.3 Å². The number of ketones is 1. The minimum absolute atomic E-state index is 0.0867. The van der Waals surface area contributed by atoms with E-state index in [1.165, 1.54) is 25.1 Å². The third kappa shape index (κ3) is 2.56. The first-order valence-electron chi connectivity index (χ1n) is 4.57. The highest BCUT2D eigenvalue weighted by Gasteiger charge is 2.12. The molecule has 1 N–H and O–H groups in total. The summed E-state index contributed by atoms with van der Waals surface area (Å²) < 4.78 is 5.22. The molecule has 1 aromatic carbocycles. The zero-order valence-electron chi connectivity index (χ0n) is 8.61. The Hall–Kier alpha value is -1.84. The van der Waals surface area contributed by atoms with E-state index >= 15 is 0 Å². The van der Waals surface area contributed by atoms with Gasteiger partial charge in [-0.1, -0.05) is 0 Å². The van der Waals surface area contributed by atoms with Crippen molar-refractivity contribution in [1.29, 1.82) is 0 Å². The van der Waals surface area contributed by atoms with E-state index in [1.807, 2.05) is 0 Å². The molecular formula is C11H12O4. The van der Waals surface area contributed by atoms with Crippen LogP contribution in [0.1, 0.15) is 34.6 Å². The molecule has 0 unspecified atom stereocenters. The summed E-state index contributed by atoms with van der Waals surface area (Å²) in [5.41, 5.74) is 0.389. The van der Waals surface area contributed by atoms with E-state index in [9.17, 15) is 9.59 Å². The molecule has 0 fully saturated rings. The minimum atomic E-state index is -1.06. The Morgan fingerprint density at radius 1 is 1.40 bits per heavy atom. The van der Waals surface area contributed by atoms with E-state index in [-0.39, 0.29) is 11.3 Å². The molecule has 0 aromatic heterocycles.